The second kappa shape index (κ2) is 7.72. The summed E-state index contributed by atoms with van der Waals surface area (Å²) in [6.07, 6.45) is 3.23. The van der Waals surface area contributed by atoms with Gasteiger partial charge in [0.05, 0.1) is 18.4 Å². The van der Waals surface area contributed by atoms with Crippen molar-refractivity contribution in [3.05, 3.63) is 51.4 Å². The van der Waals surface area contributed by atoms with Crippen molar-refractivity contribution in [1.29, 1.82) is 0 Å². The van der Waals surface area contributed by atoms with Crippen LogP contribution in [0.1, 0.15) is 36.6 Å². The fraction of sp³-hybridized carbons (Fsp3) is 0.524. The molecule has 2 aliphatic rings. The SMILES string of the molecule is COc1ccccc1CN1CCc2nc(N3CCC[C@@H](C)C3)[nH]c(=O)c2C1. The van der Waals surface area contributed by atoms with Crippen molar-refractivity contribution in [3.63, 3.8) is 0 Å². The van der Waals surface area contributed by atoms with Crippen LogP contribution in [0, 0.1) is 5.92 Å². The molecule has 0 aliphatic carbocycles. The van der Waals surface area contributed by atoms with Crippen molar-refractivity contribution in [3.8, 4) is 5.75 Å². The Balaban J connectivity index is 1.52. The van der Waals surface area contributed by atoms with E-state index in [1.807, 2.05) is 18.2 Å². The fourth-order valence-corrected chi connectivity index (χ4v) is 4.21. The van der Waals surface area contributed by atoms with E-state index >= 15 is 0 Å². The molecule has 3 heterocycles. The number of fused-ring (bicyclic) bond motifs is 1. The molecule has 144 valence electrons. The average Bonchev–Trinajstić information content (AvgIpc) is 2.69. The maximum Gasteiger partial charge on any atom is 0.257 e. The number of aromatic amines is 1. The number of ether oxygens (including phenoxy) is 1. The molecule has 0 bridgehead atoms. The summed E-state index contributed by atoms with van der Waals surface area (Å²) in [5.74, 6) is 2.30. The summed E-state index contributed by atoms with van der Waals surface area (Å²) in [4.78, 5) is 25.1. The van der Waals surface area contributed by atoms with E-state index in [0.29, 0.717) is 12.5 Å². The third-order valence-electron chi connectivity index (χ3n) is 5.68. The quantitative estimate of drug-likeness (QED) is 0.899. The van der Waals surface area contributed by atoms with Gasteiger partial charge in [-0.15, -0.1) is 0 Å². The molecule has 0 amide bonds. The van der Waals surface area contributed by atoms with Crippen LogP contribution in [0.3, 0.4) is 0 Å². The standard InChI is InChI=1S/C21H28N4O2/c1-15-6-5-10-25(12-15)21-22-18-9-11-24(14-17(18)20(26)23-21)13-16-7-3-4-8-19(16)27-2/h3-4,7-8,15H,5-6,9-14H2,1-2H3,(H,22,23,26)/t15-/m1/s1. The molecule has 2 aromatic rings. The molecule has 2 aliphatic heterocycles. The van der Waals surface area contributed by atoms with Gasteiger partial charge >= 0.3 is 0 Å². The zero-order valence-electron chi connectivity index (χ0n) is 16.2. The molecular formula is C21H28N4O2. The Labute approximate surface area is 160 Å². The Morgan fingerprint density at radius 3 is 2.96 bits per heavy atom. The predicted octanol–water partition coefficient (Wildman–Crippen LogP) is 2.57. The van der Waals surface area contributed by atoms with Gasteiger partial charge in [-0.05, 0) is 24.8 Å². The monoisotopic (exact) mass is 368 g/mol. The molecule has 1 N–H and O–H groups in total. The van der Waals surface area contributed by atoms with Crippen LogP contribution < -0.4 is 15.2 Å². The summed E-state index contributed by atoms with van der Waals surface area (Å²) in [6.45, 7) is 6.52. The number of para-hydroxylation sites is 1. The highest BCUT2D eigenvalue weighted by Gasteiger charge is 2.24. The number of methoxy groups -OCH3 is 1. The number of aromatic nitrogens is 2. The first-order chi connectivity index (χ1) is 13.1. The largest absolute Gasteiger partial charge is 0.496 e. The second-order valence-corrected chi connectivity index (χ2v) is 7.78. The third kappa shape index (κ3) is 3.86. The first-order valence-corrected chi connectivity index (χ1v) is 9.85. The van der Waals surface area contributed by atoms with Crippen molar-refractivity contribution in [1.82, 2.24) is 14.9 Å². The highest BCUT2D eigenvalue weighted by atomic mass is 16.5. The summed E-state index contributed by atoms with van der Waals surface area (Å²) < 4.78 is 5.46. The van der Waals surface area contributed by atoms with Gasteiger partial charge in [0.25, 0.3) is 5.56 Å². The molecular weight excluding hydrogens is 340 g/mol. The van der Waals surface area contributed by atoms with Gasteiger partial charge in [-0.3, -0.25) is 14.7 Å². The molecule has 27 heavy (non-hydrogen) atoms. The molecule has 1 saturated heterocycles. The fourth-order valence-electron chi connectivity index (χ4n) is 4.21. The number of rotatable bonds is 4. The van der Waals surface area contributed by atoms with Crippen LogP contribution in [0.2, 0.25) is 0 Å². The Kier molecular flexibility index (Phi) is 5.16. The zero-order chi connectivity index (χ0) is 18.8. The number of piperidine rings is 1. The van der Waals surface area contributed by atoms with Gasteiger partial charge in [0.2, 0.25) is 5.95 Å². The first kappa shape index (κ1) is 18.0. The Morgan fingerprint density at radius 1 is 1.30 bits per heavy atom. The molecule has 1 aromatic heterocycles. The lowest BCUT2D eigenvalue weighted by Gasteiger charge is -2.33. The number of benzene rings is 1. The lowest BCUT2D eigenvalue weighted by molar-refractivity contribution is 0.238. The Hall–Kier alpha value is -2.34. The number of nitrogens with zero attached hydrogens (tertiary/aromatic N) is 3. The van der Waals surface area contributed by atoms with Crippen LogP contribution in [-0.2, 0) is 19.5 Å². The van der Waals surface area contributed by atoms with Crippen LogP contribution in [0.15, 0.2) is 29.1 Å². The number of anilines is 1. The molecule has 1 fully saturated rings. The number of hydrogen-bond acceptors (Lipinski definition) is 5. The zero-order valence-corrected chi connectivity index (χ0v) is 16.2. The molecule has 1 atom stereocenters. The maximum absolute atomic E-state index is 12.8. The first-order valence-electron chi connectivity index (χ1n) is 9.85. The van der Waals surface area contributed by atoms with Gasteiger partial charge in [0.15, 0.2) is 0 Å². The number of hydrogen-bond donors (Lipinski definition) is 1. The van der Waals surface area contributed by atoms with Crippen LogP contribution in [0.5, 0.6) is 5.75 Å². The van der Waals surface area contributed by atoms with Gasteiger partial charge in [0, 0.05) is 44.7 Å². The van der Waals surface area contributed by atoms with Crippen LogP contribution >= 0.6 is 0 Å². The van der Waals surface area contributed by atoms with Crippen molar-refractivity contribution in [2.75, 3.05) is 31.6 Å². The predicted molar refractivity (Wildman–Crippen MR) is 106 cm³/mol. The van der Waals surface area contributed by atoms with Crippen molar-refractivity contribution >= 4 is 5.95 Å². The molecule has 0 radical (unpaired) electrons. The van der Waals surface area contributed by atoms with Crippen LogP contribution in [-0.4, -0.2) is 41.6 Å². The molecule has 0 unspecified atom stereocenters. The lowest BCUT2D eigenvalue weighted by atomic mass is 10.0. The van der Waals surface area contributed by atoms with E-state index in [1.165, 1.54) is 6.42 Å². The highest BCUT2D eigenvalue weighted by molar-refractivity contribution is 5.36. The van der Waals surface area contributed by atoms with Gasteiger partial charge in [-0.1, -0.05) is 25.1 Å². The van der Waals surface area contributed by atoms with Gasteiger partial charge < -0.3 is 9.64 Å². The Morgan fingerprint density at radius 2 is 2.15 bits per heavy atom. The summed E-state index contributed by atoms with van der Waals surface area (Å²) in [7, 11) is 1.70. The molecule has 0 spiro atoms. The number of nitrogens with one attached hydrogen (secondary N) is 1. The van der Waals surface area contributed by atoms with Crippen molar-refractivity contribution in [2.45, 2.75) is 39.3 Å². The minimum Gasteiger partial charge on any atom is -0.496 e. The Bertz CT molecular complexity index is 864. The van der Waals surface area contributed by atoms with E-state index in [1.54, 1.807) is 7.11 Å². The summed E-state index contributed by atoms with van der Waals surface area (Å²) in [5, 5.41) is 0. The molecule has 6 heteroatoms. The van der Waals surface area contributed by atoms with E-state index in [0.717, 1.165) is 67.5 Å². The lowest BCUT2D eigenvalue weighted by Crippen LogP contribution is -2.39. The minimum atomic E-state index is 0.0120. The van der Waals surface area contributed by atoms with Crippen molar-refractivity contribution in [2.24, 2.45) is 5.92 Å². The average molecular weight is 368 g/mol. The molecule has 6 nitrogen and oxygen atoms in total. The summed E-state index contributed by atoms with van der Waals surface area (Å²) in [6, 6.07) is 8.06. The molecule has 4 rings (SSSR count). The smallest absolute Gasteiger partial charge is 0.257 e. The minimum absolute atomic E-state index is 0.0120. The van der Waals surface area contributed by atoms with Gasteiger partial charge in [-0.25, -0.2) is 4.98 Å². The normalized spacial score (nSPS) is 20.4. The maximum atomic E-state index is 12.8. The summed E-state index contributed by atoms with van der Waals surface area (Å²) in [5.41, 5.74) is 2.93. The highest BCUT2D eigenvalue weighted by Crippen LogP contribution is 2.24. The third-order valence-corrected chi connectivity index (χ3v) is 5.68. The van der Waals surface area contributed by atoms with E-state index in [4.69, 9.17) is 9.72 Å². The van der Waals surface area contributed by atoms with Crippen LogP contribution in [0.25, 0.3) is 0 Å². The van der Waals surface area contributed by atoms with Crippen LogP contribution in [0.4, 0.5) is 5.95 Å². The van der Waals surface area contributed by atoms with E-state index in [2.05, 4.69) is 27.8 Å². The van der Waals surface area contributed by atoms with E-state index in [-0.39, 0.29) is 5.56 Å². The second-order valence-electron chi connectivity index (χ2n) is 7.78. The number of H-pyrrole nitrogens is 1. The van der Waals surface area contributed by atoms with E-state index < -0.39 is 0 Å². The molecule has 0 saturated carbocycles. The summed E-state index contributed by atoms with van der Waals surface area (Å²) >= 11 is 0. The van der Waals surface area contributed by atoms with Crippen molar-refractivity contribution < 1.29 is 4.74 Å². The van der Waals surface area contributed by atoms with E-state index in [9.17, 15) is 4.79 Å². The topological polar surface area (TPSA) is 61.5 Å². The van der Waals surface area contributed by atoms with Gasteiger partial charge in [0.1, 0.15) is 5.75 Å². The molecule has 1 aromatic carbocycles. The van der Waals surface area contributed by atoms with Gasteiger partial charge in [-0.2, -0.15) is 0 Å².